The SMILES string of the molecule is NCCOC(=O)OC(CO[N+](=O)[O-])CO[N+](=O)[O-]. The Morgan fingerprint density at radius 3 is 2.06 bits per heavy atom. The van der Waals surface area contributed by atoms with Gasteiger partial charge in [-0.05, 0) is 0 Å². The van der Waals surface area contributed by atoms with Gasteiger partial charge in [0.25, 0.3) is 10.2 Å². The molecule has 12 nitrogen and oxygen atoms in total. The normalized spacial score (nSPS) is 9.67. The Bertz CT molecular complexity index is 278. The second kappa shape index (κ2) is 8.74. The zero-order valence-corrected chi connectivity index (χ0v) is 9.05. The van der Waals surface area contributed by atoms with Gasteiger partial charge in [-0.3, -0.25) is 0 Å². The number of ether oxygens (including phenoxy) is 2. The van der Waals surface area contributed by atoms with Gasteiger partial charge < -0.3 is 24.9 Å². The van der Waals surface area contributed by atoms with Gasteiger partial charge in [-0.2, -0.15) is 0 Å². The van der Waals surface area contributed by atoms with Crippen LogP contribution in [-0.2, 0) is 19.1 Å². The van der Waals surface area contributed by atoms with Crippen molar-refractivity contribution in [2.24, 2.45) is 5.73 Å². The lowest BCUT2D eigenvalue weighted by Crippen LogP contribution is -2.31. The van der Waals surface area contributed by atoms with Crippen LogP contribution in [0.4, 0.5) is 4.79 Å². The van der Waals surface area contributed by atoms with Crippen LogP contribution >= 0.6 is 0 Å². The van der Waals surface area contributed by atoms with Gasteiger partial charge in [0.15, 0.2) is 6.10 Å². The van der Waals surface area contributed by atoms with E-state index in [9.17, 15) is 25.0 Å². The number of hydrogen-bond acceptors (Lipinski definition) is 10. The predicted octanol–water partition coefficient (Wildman–Crippen LogP) is -1.12. The van der Waals surface area contributed by atoms with E-state index in [0.717, 1.165) is 0 Å². The minimum atomic E-state index is -1.36. The highest BCUT2D eigenvalue weighted by molar-refractivity contribution is 5.60. The van der Waals surface area contributed by atoms with E-state index in [0.29, 0.717) is 0 Å². The molecule has 0 fully saturated rings. The quantitative estimate of drug-likeness (QED) is 0.307. The first-order valence-electron chi connectivity index (χ1n) is 4.53. The number of carbonyl (C=O) groups excluding carboxylic acids is 1. The van der Waals surface area contributed by atoms with Crippen molar-refractivity contribution in [2.75, 3.05) is 26.4 Å². The van der Waals surface area contributed by atoms with Gasteiger partial charge in [-0.15, -0.1) is 20.2 Å². The Morgan fingerprint density at radius 2 is 1.67 bits per heavy atom. The summed E-state index contributed by atoms with van der Waals surface area (Å²) in [6.07, 6.45) is -2.55. The molecule has 0 saturated heterocycles. The molecule has 2 N–H and O–H groups in total. The predicted molar refractivity (Wildman–Crippen MR) is 51.2 cm³/mol. The topological polar surface area (TPSA) is 166 Å². The molecule has 0 bridgehead atoms. The van der Waals surface area contributed by atoms with E-state index >= 15 is 0 Å². The van der Waals surface area contributed by atoms with Gasteiger partial charge in [0, 0.05) is 6.54 Å². The van der Waals surface area contributed by atoms with Gasteiger partial charge in [0.05, 0.1) is 0 Å². The van der Waals surface area contributed by atoms with E-state index in [-0.39, 0.29) is 13.2 Å². The largest absolute Gasteiger partial charge is 0.508 e. The van der Waals surface area contributed by atoms with E-state index < -0.39 is 35.6 Å². The van der Waals surface area contributed by atoms with Gasteiger partial charge in [0.1, 0.15) is 19.8 Å². The molecule has 0 aliphatic rings. The standard InChI is InChI=1S/C6H11N3O9/c7-1-2-15-6(10)18-5(3-16-8(11)12)4-17-9(13)14/h5H,1-4,7H2. The molecule has 0 rings (SSSR count). The van der Waals surface area contributed by atoms with Crippen LogP contribution < -0.4 is 5.73 Å². The van der Waals surface area contributed by atoms with Crippen LogP contribution in [0, 0.1) is 20.2 Å². The summed E-state index contributed by atoms with van der Waals surface area (Å²) in [6.45, 7) is -1.52. The van der Waals surface area contributed by atoms with Crippen molar-refractivity contribution in [3.63, 3.8) is 0 Å². The summed E-state index contributed by atoms with van der Waals surface area (Å²) in [4.78, 5) is 38.6. The molecule has 0 spiro atoms. The molecular weight excluding hydrogens is 258 g/mol. The summed E-state index contributed by atoms with van der Waals surface area (Å²) in [5, 5.41) is 17.5. The first kappa shape index (κ1) is 15.6. The van der Waals surface area contributed by atoms with E-state index in [1.165, 1.54) is 0 Å². The average Bonchev–Trinajstić information content (AvgIpc) is 2.29. The molecule has 104 valence electrons. The molecule has 0 saturated carbocycles. The number of nitrogens with zero attached hydrogens (tertiary/aromatic N) is 2. The minimum absolute atomic E-state index is 0.0521. The van der Waals surface area contributed by atoms with Crippen molar-refractivity contribution >= 4 is 6.16 Å². The van der Waals surface area contributed by atoms with Crippen LogP contribution in [0.3, 0.4) is 0 Å². The fourth-order valence-electron chi connectivity index (χ4n) is 0.716. The smallest absolute Gasteiger partial charge is 0.433 e. The Morgan fingerprint density at radius 1 is 1.17 bits per heavy atom. The number of carbonyl (C=O) groups is 1. The van der Waals surface area contributed by atoms with Crippen molar-refractivity contribution in [3.8, 4) is 0 Å². The zero-order valence-electron chi connectivity index (χ0n) is 9.05. The first-order chi connectivity index (χ1) is 8.45. The Labute approximate surface area is 99.7 Å². The maximum Gasteiger partial charge on any atom is 0.508 e. The van der Waals surface area contributed by atoms with Crippen molar-refractivity contribution in [1.82, 2.24) is 0 Å². The average molecular weight is 269 g/mol. The fourth-order valence-corrected chi connectivity index (χ4v) is 0.716. The highest BCUT2D eigenvalue weighted by Gasteiger charge is 2.19. The van der Waals surface area contributed by atoms with E-state index in [1.807, 2.05) is 0 Å². The fraction of sp³-hybridized carbons (Fsp3) is 0.833. The summed E-state index contributed by atoms with van der Waals surface area (Å²) in [5.74, 6) is 0. The molecule has 0 atom stereocenters. The van der Waals surface area contributed by atoms with Gasteiger partial charge in [0.2, 0.25) is 0 Å². The van der Waals surface area contributed by atoms with Gasteiger partial charge >= 0.3 is 6.16 Å². The monoisotopic (exact) mass is 269 g/mol. The zero-order chi connectivity index (χ0) is 14.0. The van der Waals surface area contributed by atoms with Crippen LogP contribution in [0.25, 0.3) is 0 Å². The summed E-state index contributed by atoms with van der Waals surface area (Å²) >= 11 is 0. The van der Waals surface area contributed by atoms with Crippen LogP contribution in [0.1, 0.15) is 0 Å². The number of rotatable bonds is 9. The molecular formula is C6H11N3O9. The molecule has 12 heteroatoms. The highest BCUT2D eigenvalue weighted by Crippen LogP contribution is 1.99. The molecule has 0 heterocycles. The molecule has 18 heavy (non-hydrogen) atoms. The molecule has 0 aromatic heterocycles. The molecule has 0 aromatic rings. The summed E-state index contributed by atoms with van der Waals surface area (Å²) in [5.41, 5.74) is 5.04. The molecule has 0 aliphatic heterocycles. The van der Waals surface area contributed by atoms with Crippen molar-refractivity contribution < 1.29 is 34.1 Å². The van der Waals surface area contributed by atoms with Crippen LogP contribution in [0.5, 0.6) is 0 Å². The highest BCUT2D eigenvalue weighted by atomic mass is 17.0. The maximum atomic E-state index is 11.0. The van der Waals surface area contributed by atoms with Crippen molar-refractivity contribution in [1.29, 1.82) is 0 Å². The molecule has 0 radical (unpaired) electrons. The molecule has 0 amide bonds. The molecule has 0 unspecified atom stereocenters. The molecule has 0 aliphatic carbocycles. The lowest BCUT2D eigenvalue weighted by molar-refractivity contribution is -0.768. The Kier molecular flexibility index (Phi) is 7.59. The summed E-state index contributed by atoms with van der Waals surface area (Å²) in [6, 6.07) is 0. The van der Waals surface area contributed by atoms with Gasteiger partial charge in [-0.1, -0.05) is 0 Å². The second-order valence-corrected chi connectivity index (χ2v) is 2.67. The third-order valence-corrected chi connectivity index (χ3v) is 1.33. The Hall–Kier alpha value is -2.37. The molecule has 0 aromatic carbocycles. The Balaban J connectivity index is 4.13. The van der Waals surface area contributed by atoms with E-state index in [1.54, 1.807) is 0 Å². The number of nitrogens with two attached hydrogens (primary N) is 1. The maximum absolute atomic E-state index is 11.0. The van der Waals surface area contributed by atoms with Crippen molar-refractivity contribution in [2.45, 2.75) is 6.10 Å². The van der Waals surface area contributed by atoms with E-state index in [4.69, 9.17) is 5.73 Å². The van der Waals surface area contributed by atoms with Crippen LogP contribution in [0.2, 0.25) is 0 Å². The minimum Gasteiger partial charge on any atom is -0.433 e. The number of hydrogen-bond donors (Lipinski definition) is 1. The van der Waals surface area contributed by atoms with E-state index in [2.05, 4.69) is 19.1 Å². The summed E-state index contributed by atoms with van der Waals surface area (Å²) in [7, 11) is 0. The lowest BCUT2D eigenvalue weighted by Gasteiger charge is -2.15. The first-order valence-corrected chi connectivity index (χ1v) is 4.53. The third-order valence-electron chi connectivity index (χ3n) is 1.33. The van der Waals surface area contributed by atoms with Gasteiger partial charge in [-0.25, -0.2) is 4.79 Å². The van der Waals surface area contributed by atoms with Crippen LogP contribution in [-0.4, -0.2) is 48.8 Å². The second-order valence-electron chi connectivity index (χ2n) is 2.67. The van der Waals surface area contributed by atoms with Crippen molar-refractivity contribution in [3.05, 3.63) is 20.2 Å². The lowest BCUT2D eigenvalue weighted by atomic mass is 10.4. The van der Waals surface area contributed by atoms with Crippen LogP contribution in [0.15, 0.2) is 0 Å². The third kappa shape index (κ3) is 8.90. The summed E-state index contributed by atoms with van der Waals surface area (Å²) < 4.78 is 8.88.